The molecule has 0 aromatic heterocycles. The molecule has 12 heavy (non-hydrogen) atoms. The molecule has 1 aromatic rings. The molecular formula is C6H4BBr3O2. The van der Waals surface area contributed by atoms with Crippen LogP contribution in [-0.4, -0.2) is 17.2 Å². The van der Waals surface area contributed by atoms with E-state index in [1.54, 1.807) is 12.1 Å². The zero-order chi connectivity index (χ0) is 9.30. The van der Waals surface area contributed by atoms with Gasteiger partial charge in [0, 0.05) is 13.4 Å². The predicted molar refractivity (Wildman–Crippen MR) is 59.4 cm³/mol. The summed E-state index contributed by atoms with van der Waals surface area (Å²) in [7, 11) is -1.44. The van der Waals surface area contributed by atoms with E-state index in [2.05, 4.69) is 47.8 Å². The van der Waals surface area contributed by atoms with Crippen molar-refractivity contribution in [2.24, 2.45) is 0 Å². The maximum atomic E-state index is 8.86. The second-order valence-electron chi connectivity index (χ2n) is 2.17. The van der Waals surface area contributed by atoms with E-state index in [-0.39, 0.29) is 0 Å². The second kappa shape index (κ2) is 4.24. The van der Waals surface area contributed by atoms with Gasteiger partial charge in [-0.05, 0) is 65.4 Å². The van der Waals surface area contributed by atoms with Crippen molar-refractivity contribution in [1.29, 1.82) is 0 Å². The van der Waals surface area contributed by atoms with Crippen LogP contribution in [0.3, 0.4) is 0 Å². The molecule has 64 valence electrons. The van der Waals surface area contributed by atoms with Gasteiger partial charge in [0.25, 0.3) is 0 Å². The molecule has 6 heteroatoms. The Morgan fingerprint density at radius 1 is 1.00 bits per heavy atom. The van der Waals surface area contributed by atoms with Crippen molar-refractivity contribution in [1.82, 2.24) is 0 Å². The summed E-state index contributed by atoms with van der Waals surface area (Å²) in [5.41, 5.74) is 0.442. The average molecular weight is 359 g/mol. The Labute approximate surface area is 95.5 Å². The average Bonchev–Trinajstić information content (AvgIpc) is 1.99. The van der Waals surface area contributed by atoms with Gasteiger partial charge >= 0.3 is 7.12 Å². The van der Waals surface area contributed by atoms with Crippen LogP contribution in [0.4, 0.5) is 0 Å². The van der Waals surface area contributed by atoms with Crippen LogP contribution in [0.1, 0.15) is 0 Å². The molecule has 0 heterocycles. The van der Waals surface area contributed by atoms with E-state index in [9.17, 15) is 0 Å². The minimum Gasteiger partial charge on any atom is -0.423 e. The first-order chi connectivity index (χ1) is 5.52. The maximum Gasteiger partial charge on any atom is 0.488 e. The van der Waals surface area contributed by atoms with Gasteiger partial charge in [0.05, 0.1) is 0 Å². The molecule has 0 radical (unpaired) electrons. The lowest BCUT2D eigenvalue weighted by Crippen LogP contribution is -2.29. The molecule has 0 aliphatic rings. The topological polar surface area (TPSA) is 40.5 Å². The van der Waals surface area contributed by atoms with E-state index >= 15 is 0 Å². The molecule has 0 fully saturated rings. The van der Waals surface area contributed by atoms with Gasteiger partial charge in [-0.15, -0.1) is 0 Å². The summed E-state index contributed by atoms with van der Waals surface area (Å²) in [6.45, 7) is 0. The Morgan fingerprint density at radius 3 is 1.75 bits per heavy atom. The molecule has 0 bridgehead atoms. The van der Waals surface area contributed by atoms with Crippen LogP contribution in [-0.2, 0) is 0 Å². The summed E-state index contributed by atoms with van der Waals surface area (Å²) < 4.78 is 2.41. The summed E-state index contributed by atoms with van der Waals surface area (Å²) in [5, 5.41) is 17.7. The molecule has 2 N–H and O–H groups in total. The number of rotatable bonds is 1. The smallest absolute Gasteiger partial charge is 0.423 e. The Balaban J connectivity index is 3.21. The Morgan fingerprint density at radius 2 is 1.42 bits per heavy atom. The molecule has 0 saturated carbocycles. The fraction of sp³-hybridized carbons (Fsp3) is 0. The highest BCUT2D eigenvalue weighted by Crippen LogP contribution is 2.29. The lowest BCUT2D eigenvalue weighted by molar-refractivity contribution is 0.425. The van der Waals surface area contributed by atoms with E-state index in [0.29, 0.717) is 5.46 Å². The summed E-state index contributed by atoms with van der Waals surface area (Å²) in [6, 6.07) is 3.28. The van der Waals surface area contributed by atoms with Crippen molar-refractivity contribution < 1.29 is 10.0 Å². The van der Waals surface area contributed by atoms with E-state index in [0.717, 1.165) is 13.4 Å². The molecule has 0 aliphatic carbocycles. The second-order valence-corrected chi connectivity index (χ2v) is 4.67. The van der Waals surface area contributed by atoms with E-state index in [4.69, 9.17) is 10.0 Å². The summed E-state index contributed by atoms with van der Waals surface area (Å²) in [4.78, 5) is 0. The summed E-state index contributed by atoms with van der Waals surface area (Å²) in [5.74, 6) is 0. The van der Waals surface area contributed by atoms with Gasteiger partial charge in [-0.1, -0.05) is 0 Å². The third-order valence-corrected chi connectivity index (χ3v) is 4.47. The minimum atomic E-state index is -1.44. The minimum absolute atomic E-state index is 0.442. The third-order valence-electron chi connectivity index (χ3n) is 1.30. The van der Waals surface area contributed by atoms with Crippen molar-refractivity contribution in [2.45, 2.75) is 0 Å². The molecule has 0 unspecified atom stereocenters. The monoisotopic (exact) mass is 356 g/mol. The van der Waals surface area contributed by atoms with Crippen molar-refractivity contribution in [3.8, 4) is 0 Å². The molecular weight excluding hydrogens is 355 g/mol. The normalized spacial score (nSPS) is 10.1. The third kappa shape index (κ3) is 2.32. The van der Waals surface area contributed by atoms with Gasteiger partial charge in [-0.25, -0.2) is 0 Å². The first kappa shape index (κ1) is 10.7. The number of hydrogen-bond donors (Lipinski definition) is 2. The molecule has 0 saturated heterocycles. The SMILES string of the molecule is OB(O)c1cc(Br)c(Br)c(Br)c1. The van der Waals surface area contributed by atoms with E-state index < -0.39 is 7.12 Å². The molecule has 0 aliphatic heterocycles. The highest BCUT2D eigenvalue weighted by Gasteiger charge is 2.14. The number of halogens is 3. The fourth-order valence-corrected chi connectivity index (χ4v) is 2.17. The number of hydrogen-bond acceptors (Lipinski definition) is 2. The fourth-order valence-electron chi connectivity index (χ4n) is 0.724. The largest absolute Gasteiger partial charge is 0.488 e. The lowest BCUT2D eigenvalue weighted by atomic mass is 9.81. The summed E-state index contributed by atoms with van der Waals surface area (Å²) >= 11 is 9.84. The van der Waals surface area contributed by atoms with Gasteiger partial charge < -0.3 is 10.0 Å². The summed E-state index contributed by atoms with van der Waals surface area (Å²) in [6.07, 6.45) is 0. The standard InChI is InChI=1S/C6H4BBr3O2/c8-4-1-3(7(11)12)2-5(9)6(4)10/h1-2,11-12H. The highest BCUT2D eigenvalue weighted by molar-refractivity contribution is 9.14. The first-order valence-corrected chi connectivity index (χ1v) is 5.41. The number of benzene rings is 1. The zero-order valence-electron chi connectivity index (χ0n) is 5.76. The quantitative estimate of drug-likeness (QED) is 0.592. The Bertz CT molecular complexity index is 280. The zero-order valence-corrected chi connectivity index (χ0v) is 10.5. The Kier molecular flexibility index (Phi) is 3.79. The maximum absolute atomic E-state index is 8.86. The molecule has 0 amide bonds. The lowest BCUT2D eigenvalue weighted by Gasteiger charge is -2.04. The molecule has 0 atom stereocenters. The molecule has 0 spiro atoms. The van der Waals surface area contributed by atoms with E-state index in [1.807, 2.05) is 0 Å². The van der Waals surface area contributed by atoms with Gasteiger partial charge in [-0.2, -0.15) is 0 Å². The van der Waals surface area contributed by atoms with Crippen molar-refractivity contribution >= 4 is 60.4 Å². The predicted octanol–water partition coefficient (Wildman–Crippen LogP) is 1.65. The molecule has 1 rings (SSSR count). The van der Waals surface area contributed by atoms with Crippen molar-refractivity contribution in [3.63, 3.8) is 0 Å². The Hall–Kier alpha value is 0.645. The molecule has 2 nitrogen and oxygen atoms in total. The van der Waals surface area contributed by atoms with Crippen LogP contribution in [0.2, 0.25) is 0 Å². The van der Waals surface area contributed by atoms with Crippen LogP contribution >= 0.6 is 47.8 Å². The van der Waals surface area contributed by atoms with Gasteiger partial charge in [0.15, 0.2) is 0 Å². The van der Waals surface area contributed by atoms with Crippen molar-refractivity contribution in [2.75, 3.05) is 0 Å². The van der Waals surface area contributed by atoms with Gasteiger partial charge in [-0.3, -0.25) is 0 Å². The van der Waals surface area contributed by atoms with Crippen LogP contribution < -0.4 is 5.46 Å². The van der Waals surface area contributed by atoms with Crippen LogP contribution in [0.15, 0.2) is 25.6 Å². The first-order valence-electron chi connectivity index (χ1n) is 3.03. The van der Waals surface area contributed by atoms with Crippen LogP contribution in [0.25, 0.3) is 0 Å². The van der Waals surface area contributed by atoms with Crippen LogP contribution in [0.5, 0.6) is 0 Å². The van der Waals surface area contributed by atoms with E-state index in [1.165, 1.54) is 0 Å². The van der Waals surface area contributed by atoms with Crippen molar-refractivity contribution in [3.05, 3.63) is 25.6 Å². The molecule has 1 aromatic carbocycles. The van der Waals surface area contributed by atoms with Crippen LogP contribution in [0, 0.1) is 0 Å². The van der Waals surface area contributed by atoms with Gasteiger partial charge in [0.1, 0.15) is 0 Å². The van der Waals surface area contributed by atoms with Gasteiger partial charge in [0.2, 0.25) is 0 Å². The highest BCUT2D eigenvalue weighted by atomic mass is 79.9.